The number of hydrogen-bond donors (Lipinski definition) is 2. The summed E-state index contributed by atoms with van der Waals surface area (Å²) in [6.07, 6.45) is 2.79. The van der Waals surface area contributed by atoms with E-state index >= 15 is 0 Å². The van der Waals surface area contributed by atoms with Crippen molar-refractivity contribution in [2.75, 3.05) is 13.1 Å². The Morgan fingerprint density at radius 2 is 1.87 bits per heavy atom. The summed E-state index contributed by atoms with van der Waals surface area (Å²) in [5.74, 6) is 0.329. The van der Waals surface area contributed by atoms with Crippen LogP contribution in [-0.2, 0) is 10.0 Å². The quantitative estimate of drug-likeness (QED) is 0.652. The smallest absolute Gasteiger partial charge is 0.252 e. The number of carbonyl (C=O) groups is 1. The van der Waals surface area contributed by atoms with Gasteiger partial charge < -0.3 is 10.3 Å². The van der Waals surface area contributed by atoms with Crippen molar-refractivity contribution in [3.05, 3.63) is 59.4 Å². The van der Waals surface area contributed by atoms with Gasteiger partial charge >= 0.3 is 0 Å². The van der Waals surface area contributed by atoms with Gasteiger partial charge in [-0.15, -0.1) is 0 Å². The molecule has 0 bridgehead atoms. The van der Waals surface area contributed by atoms with Crippen LogP contribution in [0.3, 0.4) is 0 Å². The number of aromatic amines is 1. The third-order valence-corrected chi connectivity index (χ3v) is 7.47. The maximum absolute atomic E-state index is 13.0. The van der Waals surface area contributed by atoms with Crippen molar-refractivity contribution in [2.24, 2.45) is 0 Å². The van der Waals surface area contributed by atoms with Crippen LogP contribution < -0.4 is 5.32 Å². The molecule has 158 valence electrons. The highest BCUT2D eigenvalue weighted by Gasteiger charge is 2.27. The van der Waals surface area contributed by atoms with E-state index in [1.807, 2.05) is 31.2 Å². The van der Waals surface area contributed by atoms with Crippen molar-refractivity contribution in [1.82, 2.24) is 19.6 Å². The lowest BCUT2D eigenvalue weighted by Gasteiger charge is -2.26. The standard InChI is InChI=1S/C22H26N4O3S/c1-15-10-11-17(30(28,29)26-12-6-3-7-13-26)14-18(15)22(27)23-16(2)21-24-19-8-4-5-9-20(19)25-21/h4-5,8-11,14,16H,3,6-7,12-13H2,1-2H3,(H,23,27)(H,24,25). The van der Waals surface area contributed by atoms with Crippen LogP contribution in [0.2, 0.25) is 0 Å². The van der Waals surface area contributed by atoms with Crippen LogP contribution in [0.5, 0.6) is 0 Å². The molecule has 1 aliphatic heterocycles. The van der Waals surface area contributed by atoms with Crippen LogP contribution >= 0.6 is 0 Å². The first-order chi connectivity index (χ1) is 14.4. The number of piperidine rings is 1. The molecule has 30 heavy (non-hydrogen) atoms. The summed E-state index contributed by atoms with van der Waals surface area (Å²) in [6.45, 7) is 4.71. The third-order valence-electron chi connectivity index (χ3n) is 5.57. The van der Waals surface area contributed by atoms with Gasteiger partial charge in [0.2, 0.25) is 10.0 Å². The Labute approximate surface area is 176 Å². The van der Waals surface area contributed by atoms with Crippen molar-refractivity contribution >= 4 is 27.0 Å². The average molecular weight is 427 g/mol. The fourth-order valence-corrected chi connectivity index (χ4v) is 5.32. The molecule has 0 spiro atoms. The Kier molecular flexibility index (Phi) is 5.62. The second-order valence-corrected chi connectivity index (χ2v) is 9.71. The molecule has 1 aromatic heterocycles. The molecular weight excluding hydrogens is 400 g/mol. The average Bonchev–Trinajstić information content (AvgIpc) is 3.19. The second-order valence-electron chi connectivity index (χ2n) is 7.78. The molecule has 0 radical (unpaired) electrons. The van der Waals surface area contributed by atoms with Crippen LogP contribution in [0.4, 0.5) is 0 Å². The zero-order chi connectivity index (χ0) is 21.3. The zero-order valence-electron chi connectivity index (χ0n) is 17.2. The van der Waals surface area contributed by atoms with E-state index in [-0.39, 0.29) is 16.8 Å². The maximum atomic E-state index is 13.0. The van der Waals surface area contributed by atoms with Gasteiger partial charge in [0.05, 0.1) is 22.0 Å². The molecule has 1 fully saturated rings. The summed E-state index contributed by atoms with van der Waals surface area (Å²) < 4.78 is 27.5. The minimum absolute atomic E-state index is 0.163. The van der Waals surface area contributed by atoms with E-state index < -0.39 is 10.0 Å². The van der Waals surface area contributed by atoms with Crippen LogP contribution in [0.15, 0.2) is 47.4 Å². The lowest BCUT2D eigenvalue weighted by atomic mass is 10.1. The van der Waals surface area contributed by atoms with Gasteiger partial charge in [-0.25, -0.2) is 13.4 Å². The van der Waals surface area contributed by atoms with Crippen LogP contribution in [0.1, 0.15) is 54.0 Å². The number of nitrogens with zero attached hydrogens (tertiary/aromatic N) is 2. The number of carbonyl (C=O) groups excluding carboxylic acids is 1. The Morgan fingerprint density at radius 1 is 1.13 bits per heavy atom. The predicted octanol–water partition coefficient (Wildman–Crippen LogP) is 3.54. The topological polar surface area (TPSA) is 95.2 Å². The number of amides is 1. The molecule has 1 saturated heterocycles. The van der Waals surface area contributed by atoms with Crippen LogP contribution in [0.25, 0.3) is 11.0 Å². The van der Waals surface area contributed by atoms with Crippen molar-refractivity contribution < 1.29 is 13.2 Å². The first kappa shape index (κ1) is 20.6. The summed E-state index contributed by atoms with van der Waals surface area (Å²) in [5, 5.41) is 2.93. The van der Waals surface area contributed by atoms with Crippen molar-refractivity contribution in [1.29, 1.82) is 0 Å². The van der Waals surface area contributed by atoms with E-state index in [9.17, 15) is 13.2 Å². The van der Waals surface area contributed by atoms with Crippen LogP contribution in [-0.4, -0.2) is 41.7 Å². The third kappa shape index (κ3) is 3.97. The first-order valence-electron chi connectivity index (χ1n) is 10.2. The highest BCUT2D eigenvalue weighted by molar-refractivity contribution is 7.89. The molecule has 7 nitrogen and oxygen atoms in total. The molecule has 1 amide bonds. The van der Waals surface area contributed by atoms with Gasteiger partial charge in [0.1, 0.15) is 5.82 Å². The van der Waals surface area contributed by atoms with E-state index in [4.69, 9.17) is 0 Å². The largest absolute Gasteiger partial charge is 0.342 e. The van der Waals surface area contributed by atoms with Crippen molar-refractivity contribution in [2.45, 2.75) is 44.0 Å². The molecule has 1 atom stereocenters. The minimum Gasteiger partial charge on any atom is -0.342 e. The summed E-state index contributed by atoms with van der Waals surface area (Å²) in [5.41, 5.74) is 2.82. The molecule has 1 unspecified atom stereocenters. The number of H-pyrrole nitrogens is 1. The summed E-state index contributed by atoms with van der Waals surface area (Å²) in [7, 11) is -3.60. The molecule has 0 aliphatic carbocycles. The molecule has 3 aromatic rings. The van der Waals surface area contributed by atoms with Gasteiger partial charge in [0.15, 0.2) is 0 Å². The number of benzene rings is 2. The number of para-hydroxylation sites is 2. The van der Waals surface area contributed by atoms with E-state index in [0.29, 0.717) is 24.5 Å². The molecule has 4 rings (SSSR count). The van der Waals surface area contributed by atoms with Gasteiger partial charge in [-0.2, -0.15) is 4.31 Å². The number of aryl methyl sites for hydroxylation is 1. The van der Waals surface area contributed by atoms with E-state index in [0.717, 1.165) is 35.9 Å². The second kappa shape index (κ2) is 8.20. The fourth-order valence-electron chi connectivity index (χ4n) is 3.78. The molecule has 2 aromatic carbocycles. The Balaban J connectivity index is 1.57. The highest BCUT2D eigenvalue weighted by atomic mass is 32.2. The fraction of sp³-hybridized carbons (Fsp3) is 0.364. The summed E-state index contributed by atoms with van der Waals surface area (Å²) >= 11 is 0. The Bertz CT molecular complexity index is 1150. The molecule has 8 heteroatoms. The number of aromatic nitrogens is 2. The van der Waals surface area contributed by atoms with Gasteiger partial charge in [-0.05, 0) is 56.5 Å². The highest BCUT2D eigenvalue weighted by Crippen LogP contribution is 2.23. The summed E-state index contributed by atoms with van der Waals surface area (Å²) in [6, 6.07) is 12.1. The van der Waals surface area contributed by atoms with E-state index in [2.05, 4.69) is 15.3 Å². The first-order valence-corrected chi connectivity index (χ1v) is 11.7. The van der Waals surface area contributed by atoms with Gasteiger partial charge in [0.25, 0.3) is 5.91 Å². The van der Waals surface area contributed by atoms with Crippen LogP contribution in [0, 0.1) is 6.92 Å². The predicted molar refractivity (Wildman–Crippen MR) is 116 cm³/mol. The van der Waals surface area contributed by atoms with Gasteiger partial charge in [-0.1, -0.05) is 24.6 Å². The molecular formula is C22H26N4O3S. The Morgan fingerprint density at radius 3 is 2.60 bits per heavy atom. The normalized spacial score (nSPS) is 16.5. The van der Waals surface area contributed by atoms with E-state index in [1.165, 1.54) is 10.4 Å². The minimum atomic E-state index is -3.60. The monoisotopic (exact) mass is 426 g/mol. The molecule has 0 saturated carbocycles. The number of sulfonamides is 1. The lowest BCUT2D eigenvalue weighted by Crippen LogP contribution is -2.36. The van der Waals surface area contributed by atoms with Gasteiger partial charge in [0, 0.05) is 18.7 Å². The number of hydrogen-bond acceptors (Lipinski definition) is 4. The maximum Gasteiger partial charge on any atom is 0.252 e. The Hall–Kier alpha value is -2.71. The molecule has 1 aliphatic rings. The zero-order valence-corrected chi connectivity index (χ0v) is 18.0. The number of fused-ring (bicyclic) bond motifs is 1. The SMILES string of the molecule is Cc1ccc(S(=O)(=O)N2CCCCC2)cc1C(=O)NC(C)c1nc2ccccc2[nH]1. The number of imidazole rings is 1. The van der Waals surface area contributed by atoms with Crippen molar-refractivity contribution in [3.8, 4) is 0 Å². The number of rotatable bonds is 5. The lowest BCUT2D eigenvalue weighted by molar-refractivity contribution is 0.0937. The number of nitrogens with one attached hydrogen (secondary N) is 2. The molecule has 2 N–H and O–H groups in total. The van der Waals surface area contributed by atoms with Crippen molar-refractivity contribution in [3.63, 3.8) is 0 Å². The summed E-state index contributed by atoms with van der Waals surface area (Å²) in [4.78, 5) is 20.9. The molecule has 2 heterocycles. The van der Waals surface area contributed by atoms with E-state index in [1.54, 1.807) is 19.1 Å². The van der Waals surface area contributed by atoms with Gasteiger partial charge in [-0.3, -0.25) is 4.79 Å².